The number of nitrogen functional groups attached to an aromatic ring is 1. The van der Waals surface area contributed by atoms with Crippen molar-refractivity contribution in [3.8, 4) is 6.07 Å². The molecule has 2 nitrogen and oxygen atoms in total. The summed E-state index contributed by atoms with van der Waals surface area (Å²) in [6.07, 6.45) is 6.15. The van der Waals surface area contributed by atoms with Gasteiger partial charge in [-0.1, -0.05) is 66.0 Å². The number of nitrogens with zero attached hydrogens (tertiary/aromatic N) is 1. The molecule has 1 aliphatic carbocycles. The van der Waals surface area contributed by atoms with E-state index in [4.69, 9.17) is 5.73 Å². The first kappa shape index (κ1) is 19.5. The van der Waals surface area contributed by atoms with Crippen LogP contribution in [0.1, 0.15) is 78.2 Å². The molecule has 118 valence electrons. The van der Waals surface area contributed by atoms with E-state index in [0.717, 1.165) is 24.1 Å². The Morgan fingerprint density at radius 3 is 1.90 bits per heavy atom. The molecule has 1 saturated carbocycles. The van der Waals surface area contributed by atoms with E-state index in [9.17, 15) is 5.26 Å². The van der Waals surface area contributed by atoms with Gasteiger partial charge in [0, 0.05) is 5.69 Å². The van der Waals surface area contributed by atoms with Gasteiger partial charge >= 0.3 is 0 Å². The van der Waals surface area contributed by atoms with Gasteiger partial charge in [0.2, 0.25) is 0 Å². The Balaban J connectivity index is 0.000000921. The lowest BCUT2D eigenvalue weighted by Crippen LogP contribution is -2.27. The number of hydrogen-bond acceptors (Lipinski definition) is 2. The molecule has 21 heavy (non-hydrogen) atoms. The van der Waals surface area contributed by atoms with Crippen LogP contribution in [0, 0.1) is 16.7 Å². The van der Waals surface area contributed by atoms with E-state index in [2.05, 4.69) is 13.0 Å². The predicted octanol–water partition coefficient (Wildman–Crippen LogP) is 5.90. The highest BCUT2D eigenvalue weighted by Gasteiger charge is 2.36. The van der Waals surface area contributed by atoms with E-state index in [0.29, 0.717) is 0 Å². The zero-order chi connectivity index (χ0) is 16.3. The Morgan fingerprint density at radius 2 is 1.48 bits per heavy atom. The molecule has 1 aromatic carbocycles. The molecule has 1 aliphatic rings. The summed E-state index contributed by atoms with van der Waals surface area (Å²) in [5, 5.41) is 9.48. The number of nitrogens with two attached hydrogens (primary N) is 1. The van der Waals surface area contributed by atoms with Gasteiger partial charge in [0.15, 0.2) is 0 Å². The van der Waals surface area contributed by atoms with E-state index >= 15 is 0 Å². The van der Waals surface area contributed by atoms with Gasteiger partial charge in [-0.05, 0) is 36.0 Å². The molecular weight excluding hydrogens is 256 g/mol. The number of benzene rings is 1. The third kappa shape index (κ3) is 5.42. The smallest absolute Gasteiger partial charge is 0.0766 e. The first-order chi connectivity index (χ1) is 10.2. The molecule has 1 fully saturated rings. The standard InChI is InChI=1S/C15H20N2.2C2H6/c1-15(9-3-2-4-10-15)14(11-16)12-5-7-13(17)8-6-12;2*1-2/h5-8,14H,2-4,9-10,17H2,1H3;2*1-2H3. The van der Waals surface area contributed by atoms with Crippen molar-refractivity contribution >= 4 is 5.69 Å². The van der Waals surface area contributed by atoms with Gasteiger partial charge in [-0.2, -0.15) is 5.26 Å². The fourth-order valence-electron chi connectivity index (χ4n) is 2.97. The number of nitriles is 1. The van der Waals surface area contributed by atoms with Gasteiger partial charge in [-0.15, -0.1) is 0 Å². The van der Waals surface area contributed by atoms with Crippen molar-refractivity contribution in [3.63, 3.8) is 0 Å². The lowest BCUT2D eigenvalue weighted by atomic mass is 9.65. The molecule has 0 spiro atoms. The average Bonchev–Trinajstić information content (AvgIpc) is 2.54. The Morgan fingerprint density at radius 1 is 1.00 bits per heavy atom. The Kier molecular flexibility index (Phi) is 9.54. The highest BCUT2D eigenvalue weighted by molar-refractivity contribution is 5.42. The van der Waals surface area contributed by atoms with E-state index < -0.39 is 0 Å². The van der Waals surface area contributed by atoms with Crippen LogP contribution in [0.25, 0.3) is 0 Å². The first-order valence-corrected chi connectivity index (χ1v) is 8.41. The number of rotatable bonds is 2. The van der Waals surface area contributed by atoms with Gasteiger partial charge < -0.3 is 5.73 Å². The van der Waals surface area contributed by atoms with Gasteiger partial charge in [-0.25, -0.2) is 0 Å². The van der Waals surface area contributed by atoms with Crippen molar-refractivity contribution in [1.82, 2.24) is 0 Å². The lowest BCUT2D eigenvalue weighted by molar-refractivity contribution is 0.194. The second-order valence-electron chi connectivity index (χ2n) is 5.44. The van der Waals surface area contributed by atoms with Crippen LogP contribution >= 0.6 is 0 Å². The van der Waals surface area contributed by atoms with Crippen LogP contribution in [-0.2, 0) is 0 Å². The first-order valence-electron chi connectivity index (χ1n) is 8.41. The van der Waals surface area contributed by atoms with Crippen molar-refractivity contribution in [2.75, 3.05) is 5.73 Å². The maximum absolute atomic E-state index is 9.48. The van der Waals surface area contributed by atoms with Crippen LogP contribution in [0.5, 0.6) is 0 Å². The minimum absolute atomic E-state index is 0.00315. The highest BCUT2D eigenvalue weighted by Crippen LogP contribution is 2.46. The minimum atomic E-state index is 0.00315. The zero-order valence-corrected chi connectivity index (χ0v) is 14.4. The van der Waals surface area contributed by atoms with E-state index in [1.807, 2.05) is 52.0 Å². The molecule has 2 rings (SSSR count). The van der Waals surface area contributed by atoms with Crippen molar-refractivity contribution in [3.05, 3.63) is 29.8 Å². The summed E-state index contributed by atoms with van der Waals surface area (Å²) in [4.78, 5) is 0. The van der Waals surface area contributed by atoms with Crippen molar-refractivity contribution in [1.29, 1.82) is 5.26 Å². The maximum Gasteiger partial charge on any atom is 0.0766 e. The van der Waals surface area contributed by atoms with Crippen molar-refractivity contribution in [2.45, 2.75) is 72.6 Å². The summed E-state index contributed by atoms with van der Waals surface area (Å²) in [6, 6.07) is 10.3. The number of anilines is 1. The van der Waals surface area contributed by atoms with Crippen LogP contribution in [0.3, 0.4) is 0 Å². The van der Waals surface area contributed by atoms with E-state index in [-0.39, 0.29) is 11.3 Å². The molecule has 0 amide bonds. The minimum Gasteiger partial charge on any atom is -0.399 e. The molecule has 0 aromatic heterocycles. The normalized spacial score (nSPS) is 17.1. The predicted molar refractivity (Wildman–Crippen MR) is 93.1 cm³/mol. The molecule has 2 N–H and O–H groups in total. The van der Waals surface area contributed by atoms with Crippen LogP contribution in [0.2, 0.25) is 0 Å². The molecule has 1 atom stereocenters. The zero-order valence-electron chi connectivity index (χ0n) is 14.4. The van der Waals surface area contributed by atoms with Crippen LogP contribution < -0.4 is 5.73 Å². The SMILES string of the molecule is CC.CC.CC1(C(C#N)c2ccc(N)cc2)CCCCC1. The summed E-state index contributed by atoms with van der Waals surface area (Å²) >= 11 is 0. The Labute approximate surface area is 131 Å². The highest BCUT2D eigenvalue weighted by atomic mass is 14.5. The maximum atomic E-state index is 9.48. The second-order valence-corrected chi connectivity index (χ2v) is 5.44. The topological polar surface area (TPSA) is 49.8 Å². The van der Waals surface area contributed by atoms with Gasteiger partial charge in [0.25, 0.3) is 0 Å². The summed E-state index contributed by atoms with van der Waals surface area (Å²) in [5.41, 5.74) is 7.72. The molecule has 0 heterocycles. The fourth-order valence-corrected chi connectivity index (χ4v) is 2.97. The molecule has 0 saturated heterocycles. The molecule has 0 aliphatic heterocycles. The third-order valence-corrected chi connectivity index (χ3v) is 4.09. The monoisotopic (exact) mass is 288 g/mol. The summed E-state index contributed by atoms with van der Waals surface area (Å²) in [5.74, 6) is 0.00315. The Hall–Kier alpha value is -1.49. The Bertz CT molecular complexity index is 408. The summed E-state index contributed by atoms with van der Waals surface area (Å²) < 4.78 is 0. The average molecular weight is 288 g/mol. The summed E-state index contributed by atoms with van der Waals surface area (Å²) in [6.45, 7) is 10.3. The second kappa shape index (κ2) is 10.3. The van der Waals surface area contributed by atoms with E-state index in [1.54, 1.807) is 0 Å². The molecular formula is C19H32N2. The van der Waals surface area contributed by atoms with E-state index in [1.165, 1.54) is 19.3 Å². The van der Waals surface area contributed by atoms with Crippen molar-refractivity contribution < 1.29 is 0 Å². The molecule has 2 heteroatoms. The summed E-state index contributed by atoms with van der Waals surface area (Å²) in [7, 11) is 0. The van der Waals surface area contributed by atoms with Crippen LogP contribution in [0.15, 0.2) is 24.3 Å². The molecule has 0 radical (unpaired) electrons. The third-order valence-electron chi connectivity index (χ3n) is 4.09. The van der Waals surface area contributed by atoms with Crippen LogP contribution in [-0.4, -0.2) is 0 Å². The van der Waals surface area contributed by atoms with Crippen molar-refractivity contribution in [2.24, 2.45) is 5.41 Å². The van der Waals surface area contributed by atoms with Gasteiger partial charge in [0.05, 0.1) is 12.0 Å². The van der Waals surface area contributed by atoms with Gasteiger partial charge in [-0.3, -0.25) is 0 Å². The molecule has 0 bridgehead atoms. The van der Waals surface area contributed by atoms with Crippen LogP contribution in [0.4, 0.5) is 5.69 Å². The largest absolute Gasteiger partial charge is 0.399 e. The van der Waals surface area contributed by atoms with Gasteiger partial charge in [0.1, 0.15) is 0 Å². The number of hydrogen-bond donors (Lipinski definition) is 1. The fraction of sp³-hybridized carbons (Fsp3) is 0.632. The lowest BCUT2D eigenvalue weighted by Gasteiger charge is -2.37. The molecule has 1 unspecified atom stereocenters. The molecule has 1 aromatic rings. The quantitative estimate of drug-likeness (QED) is 0.689.